The van der Waals surface area contributed by atoms with E-state index in [4.69, 9.17) is 9.47 Å². The van der Waals surface area contributed by atoms with E-state index in [-0.39, 0.29) is 0 Å². The van der Waals surface area contributed by atoms with Gasteiger partial charge in [-0.3, -0.25) is 0 Å². The van der Waals surface area contributed by atoms with Gasteiger partial charge in [0.05, 0.1) is 14.2 Å². The smallest absolute Gasteiger partial charge is 0.168 e. The number of anilines is 1. The maximum absolute atomic E-state index is 5.32. The normalized spacial score (nSPS) is 10.0. The largest absolute Gasteiger partial charge is 0.496 e. The summed E-state index contributed by atoms with van der Waals surface area (Å²) in [5.41, 5.74) is 1.17. The third-order valence-electron chi connectivity index (χ3n) is 2.87. The lowest BCUT2D eigenvalue weighted by Crippen LogP contribution is -2.08. The number of aromatic nitrogens is 1. The van der Waals surface area contributed by atoms with E-state index in [0.29, 0.717) is 0 Å². The quantitative estimate of drug-likeness (QED) is 0.865. The van der Waals surface area contributed by atoms with Gasteiger partial charge in [0, 0.05) is 12.7 Å². The van der Waals surface area contributed by atoms with E-state index < -0.39 is 0 Å². The summed E-state index contributed by atoms with van der Waals surface area (Å²) >= 11 is 0. The van der Waals surface area contributed by atoms with E-state index in [1.807, 2.05) is 30.3 Å². The zero-order chi connectivity index (χ0) is 13.5. The molecule has 0 radical (unpaired) electrons. The van der Waals surface area contributed by atoms with Crippen molar-refractivity contribution in [2.24, 2.45) is 0 Å². The van der Waals surface area contributed by atoms with Crippen LogP contribution in [0.25, 0.3) is 0 Å². The van der Waals surface area contributed by atoms with Crippen LogP contribution < -0.4 is 14.8 Å². The minimum atomic E-state index is 0.752. The molecular formula is C15H18N2O2. The van der Waals surface area contributed by atoms with Crippen molar-refractivity contribution in [3.8, 4) is 11.5 Å². The standard InChI is InChI=1S/C15H18N2O2/c1-18-13-7-4-3-6-12(13)9-11-17-15-14(19-2)8-5-10-16-15/h3-8,10H,9,11H2,1-2H3,(H,16,17). The zero-order valence-corrected chi connectivity index (χ0v) is 11.2. The molecule has 0 bridgehead atoms. The molecule has 4 nitrogen and oxygen atoms in total. The predicted molar refractivity (Wildman–Crippen MR) is 76.0 cm³/mol. The highest BCUT2D eigenvalue weighted by molar-refractivity contribution is 5.49. The lowest BCUT2D eigenvalue weighted by molar-refractivity contribution is 0.409. The number of para-hydroxylation sites is 1. The number of pyridine rings is 1. The SMILES string of the molecule is COc1ccccc1CCNc1ncccc1OC. The first kappa shape index (κ1) is 13.2. The van der Waals surface area contributed by atoms with Gasteiger partial charge in [-0.1, -0.05) is 18.2 Å². The number of nitrogens with zero attached hydrogens (tertiary/aromatic N) is 1. The second-order valence-electron chi connectivity index (χ2n) is 4.04. The van der Waals surface area contributed by atoms with Crippen LogP contribution in [-0.2, 0) is 6.42 Å². The van der Waals surface area contributed by atoms with Crippen molar-refractivity contribution >= 4 is 5.82 Å². The molecule has 2 rings (SSSR count). The van der Waals surface area contributed by atoms with Crippen LogP contribution >= 0.6 is 0 Å². The monoisotopic (exact) mass is 258 g/mol. The Morgan fingerprint density at radius 3 is 2.53 bits per heavy atom. The highest BCUT2D eigenvalue weighted by Gasteiger charge is 2.04. The molecule has 0 atom stereocenters. The minimum absolute atomic E-state index is 0.752. The van der Waals surface area contributed by atoms with E-state index in [1.165, 1.54) is 5.56 Å². The van der Waals surface area contributed by atoms with Crippen molar-refractivity contribution < 1.29 is 9.47 Å². The molecule has 0 aliphatic heterocycles. The van der Waals surface area contributed by atoms with E-state index in [1.54, 1.807) is 20.4 Å². The molecule has 1 N–H and O–H groups in total. The molecule has 0 aliphatic carbocycles. The molecule has 2 aromatic rings. The van der Waals surface area contributed by atoms with Crippen LogP contribution in [0.5, 0.6) is 11.5 Å². The topological polar surface area (TPSA) is 43.4 Å². The van der Waals surface area contributed by atoms with Gasteiger partial charge in [-0.05, 0) is 30.2 Å². The second-order valence-corrected chi connectivity index (χ2v) is 4.04. The number of hydrogen-bond donors (Lipinski definition) is 1. The van der Waals surface area contributed by atoms with Crippen LogP contribution in [-0.4, -0.2) is 25.7 Å². The predicted octanol–water partition coefficient (Wildman–Crippen LogP) is 2.75. The summed E-state index contributed by atoms with van der Waals surface area (Å²) in [6.07, 6.45) is 2.61. The van der Waals surface area contributed by atoms with Crippen molar-refractivity contribution in [2.45, 2.75) is 6.42 Å². The summed E-state index contributed by atoms with van der Waals surface area (Å²) in [6.45, 7) is 0.772. The molecule has 1 aromatic heterocycles. The van der Waals surface area contributed by atoms with Gasteiger partial charge in [-0.15, -0.1) is 0 Å². The van der Waals surface area contributed by atoms with Gasteiger partial charge >= 0.3 is 0 Å². The van der Waals surface area contributed by atoms with Crippen LogP contribution in [0.15, 0.2) is 42.6 Å². The number of rotatable bonds is 6. The highest BCUT2D eigenvalue weighted by atomic mass is 16.5. The minimum Gasteiger partial charge on any atom is -0.496 e. The molecule has 0 amide bonds. The van der Waals surface area contributed by atoms with Crippen molar-refractivity contribution in [1.29, 1.82) is 0 Å². The molecule has 0 fully saturated rings. The molecule has 1 heterocycles. The van der Waals surface area contributed by atoms with Crippen LogP contribution in [0.4, 0.5) is 5.82 Å². The van der Waals surface area contributed by atoms with Crippen molar-refractivity contribution in [1.82, 2.24) is 4.98 Å². The molecular weight excluding hydrogens is 240 g/mol. The molecule has 0 saturated carbocycles. The number of ether oxygens (including phenoxy) is 2. The number of methoxy groups -OCH3 is 2. The Labute approximate surface area is 113 Å². The maximum atomic E-state index is 5.32. The Hall–Kier alpha value is -2.23. The summed E-state index contributed by atoms with van der Waals surface area (Å²) in [6, 6.07) is 11.8. The van der Waals surface area contributed by atoms with E-state index in [0.717, 1.165) is 30.3 Å². The fraction of sp³-hybridized carbons (Fsp3) is 0.267. The first-order chi connectivity index (χ1) is 9.35. The molecule has 0 spiro atoms. The lowest BCUT2D eigenvalue weighted by Gasteiger charge is -2.11. The van der Waals surface area contributed by atoms with Gasteiger partial charge < -0.3 is 14.8 Å². The van der Waals surface area contributed by atoms with Crippen LogP contribution in [0.1, 0.15) is 5.56 Å². The molecule has 0 aliphatic rings. The van der Waals surface area contributed by atoms with Crippen LogP contribution in [0.2, 0.25) is 0 Å². The summed E-state index contributed by atoms with van der Waals surface area (Å²) < 4.78 is 10.6. The Morgan fingerprint density at radius 2 is 1.74 bits per heavy atom. The van der Waals surface area contributed by atoms with Gasteiger partial charge in [0.1, 0.15) is 5.75 Å². The summed E-state index contributed by atoms with van der Waals surface area (Å²) in [7, 11) is 3.33. The third kappa shape index (κ3) is 3.37. The highest BCUT2D eigenvalue weighted by Crippen LogP contribution is 2.21. The van der Waals surface area contributed by atoms with Gasteiger partial charge in [-0.2, -0.15) is 0 Å². The number of nitrogens with one attached hydrogen (secondary N) is 1. The Bertz CT molecular complexity index is 482. The van der Waals surface area contributed by atoms with Crippen LogP contribution in [0.3, 0.4) is 0 Å². The number of hydrogen-bond acceptors (Lipinski definition) is 4. The maximum Gasteiger partial charge on any atom is 0.168 e. The van der Waals surface area contributed by atoms with Crippen molar-refractivity contribution in [2.75, 3.05) is 26.1 Å². The van der Waals surface area contributed by atoms with E-state index >= 15 is 0 Å². The fourth-order valence-corrected chi connectivity index (χ4v) is 1.91. The number of benzene rings is 1. The Balaban J connectivity index is 1.96. The Kier molecular flexibility index (Phi) is 4.61. The lowest BCUT2D eigenvalue weighted by atomic mass is 10.1. The first-order valence-electron chi connectivity index (χ1n) is 6.20. The van der Waals surface area contributed by atoms with E-state index in [2.05, 4.69) is 16.4 Å². The van der Waals surface area contributed by atoms with Crippen LogP contribution in [0, 0.1) is 0 Å². The second kappa shape index (κ2) is 6.64. The van der Waals surface area contributed by atoms with Gasteiger partial charge in [0.15, 0.2) is 11.6 Å². The molecule has 0 saturated heterocycles. The molecule has 19 heavy (non-hydrogen) atoms. The zero-order valence-electron chi connectivity index (χ0n) is 11.2. The Morgan fingerprint density at radius 1 is 1.00 bits per heavy atom. The molecule has 1 aromatic carbocycles. The molecule has 4 heteroatoms. The van der Waals surface area contributed by atoms with Crippen molar-refractivity contribution in [3.05, 3.63) is 48.2 Å². The first-order valence-corrected chi connectivity index (χ1v) is 6.20. The van der Waals surface area contributed by atoms with Gasteiger partial charge in [-0.25, -0.2) is 4.98 Å². The fourth-order valence-electron chi connectivity index (χ4n) is 1.91. The summed E-state index contributed by atoms with van der Waals surface area (Å²) in [4.78, 5) is 4.26. The molecule has 100 valence electrons. The van der Waals surface area contributed by atoms with Gasteiger partial charge in [0.2, 0.25) is 0 Å². The third-order valence-corrected chi connectivity index (χ3v) is 2.87. The average Bonchev–Trinajstić information content (AvgIpc) is 2.48. The average molecular weight is 258 g/mol. The molecule has 0 unspecified atom stereocenters. The van der Waals surface area contributed by atoms with Crippen molar-refractivity contribution in [3.63, 3.8) is 0 Å². The van der Waals surface area contributed by atoms with Gasteiger partial charge in [0.25, 0.3) is 0 Å². The summed E-state index contributed by atoms with van der Waals surface area (Å²) in [5, 5.41) is 3.27. The summed E-state index contributed by atoms with van der Waals surface area (Å²) in [5.74, 6) is 2.43. The van der Waals surface area contributed by atoms with E-state index in [9.17, 15) is 0 Å².